The van der Waals surface area contributed by atoms with Crippen LogP contribution in [0.2, 0.25) is 0 Å². The van der Waals surface area contributed by atoms with E-state index >= 15 is 0 Å². The number of rotatable bonds is 6. The first-order valence-electron chi connectivity index (χ1n) is 9.11. The molecule has 2 aliphatic rings. The molecule has 2 heterocycles. The minimum atomic E-state index is -3.81. The minimum absolute atomic E-state index is 0. The van der Waals surface area contributed by atoms with Crippen LogP contribution in [0, 0.1) is 16.0 Å². The minimum Gasteiger partial charge on any atom is -0.340 e. The number of nitrogens with one attached hydrogen (secondary N) is 1. The van der Waals surface area contributed by atoms with Gasteiger partial charge in [-0.2, -0.15) is 4.31 Å². The van der Waals surface area contributed by atoms with Crippen LogP contribution in [-0.2, 0) is 14.8 Å². The fraction of sp³-hybridized carbons (Fsp3) is 0.588. The zero-order chi connectivity index (χ0) is 19.4. The molecule has 1 amide bonds. The molecule has 1 aromatic carbocycles. The molecule has 2 fully saturated rings. The average molecular weight is 433 g/mol. The fourth-order valence-corrected chi connectivity index (χ4v) is 4.99. The number of nitro benzene ring substituents is 1. The summed E-state index contributed by atoms with van der Waals surface area (Å²) >= 11 is 0. The van der Waals surface area contributed by atoms with Crippen molar-refractivity contribution in [3.05, 3.63) is 34.4 Å². The van der Waals surface area contributed by atoms with Crippen molar-refractivity contribution in [3.8, 4) is 0 Å². The SMILES string of the molecule is Cl.O=C(CCC1CCNC1)N1CCN(S(=O)(=O)c2cccc([N+](=O)[O-])c2)CC1. The highest BCUT2D eigenvalue weighted by Crippen LogP contribution is 2.22. The van der Waals surface area contributed by atoms with E-state index in [0.717, 1.165) is 32.0 Å². The Hall–Kier alpha value is -1.75. The topological polar surface area (TPSA) is 113 Å². The molecule has 3 rings (SSSR count). The summed E-state index contributed by atoms with van der Waals surface area (Å²) in [5.74, 6) is 0.610. The lowest BCUT2D eigenvalue weighted by atomic mass is 10.0. The van der Waals surface area contributed by atoms with Gasteiger partial charge >= 0.3 is 0 Å². The van der Waals surface area contributed by atoms with E-state index in [1.165, 1.54) is 22.5 Å². The second kappa shape index (κ2) is 9.64. The van der Waals surface area contributed by atoms with Crippen molar-refractivity contribution in [1.29, 1.82) is 0 Å². The van der Waals surface area contributed by atoms with Crippen molar-refractivity contribution < 1.29 is 18.1 Å². The van der Waals surface area contributed by atoms with Gasteiger partial charge in [0.1, 0.15) is 0 Å². The molecule has 11 heteroatoms. The summed E-state index contributed by atoms with van der Waals surface area (Å²) in [6.45, 7) is 3.05. The van der Waals surface area contributed by atoms with E-state index in [2.05, 4.69) is 5.32 Å². The number of amides is 1. The van der Waals surface area contributed by atoms with Gasteiger partial charge in [0.05, 0.1) is 9.82 Å². The van der Waals surface area contributed by atoms with Crippen LogP contribution in [0.1, 0.15) is 19.3 Å². The first kappa shape index (κ1) is 22.5. The van der Waals surface area contributed by atoms with E-state index in [9.17, 15) is 23.3 Å². The van der Waals surface area contributed by atoms with Crippen LogP contribution < -0.4 is 5.32 Å². The fourth-order valence-electron chi connectivity index (χ4n) is 3.53. The smallest absolute Gasteiger partial charge is 0.270 e. The Morgan fingerprint density at radius 3 is 2.57 bits per heavy atom. The van der Waals surface area contributed by atoms with Gasteiger partial charge in [0.25, 0.3) is 5.69 Å². The van der Waals surface area contributed by atoms with Crippen molar-refractivity contribution in [2.75, 3.05) is 39.3 Å². The third-order valence-corrected chi connectivity index (χ3v) is 7.08. The predicted molar refractivity (Wildman–Crippen MR) is 106 cm³/mol. The van der Waals surface area contributed by atoms with Crippen LogP contribution in [-0.4, -0.2) is 67.7 Å². The maximum absolute atomic E-state index is 12.7. The quantitative estimate of drug-likeness (QED) is 0.534. The van der Waals surface area contributed by atoms with Crippen LogP contribution >= 0.6 is 12.4 Å². The van der Waals surface area contributed by atoms with Gasteiger partial charge in [-0.15, -0.1) is 12.4 Å². The highest BCUT2D eigenvalue weighted by Gasteiger charge is 2.31. The number of sulfonamides is 1. The Bertz CT molecular complexity index is 806. The number of non-ortho nitro benzene ring substituents is 1. The van der Waals surface area contributed by atoms with Crippen LogP contribution in [0.15, 0.2) is 29.2 Å². The summed E-state index contributed by atoms with van der Waals surface area (Å²) in [6.07, 6.45) is 2.45. The Labute approximate surface area is 170 Å². The summed E-state index contributed by atoms with van der Waals surface area (Å²) < 4.78 is 26.8. The zero-order valence-electron chi connectivity index (χ0n) is 15.5. The van der Waals surface area contributed by atoms with Gasteiger partial charge in [-0.05, 0) is 37.9 Å². The zero-order valence-corrected chi connectivity index (χ0v) is 17.1. The molecule has 28 heavy (non-hydrogen) atoms. The average Bonchev–Trinajstić information content (AvgIpc) is 3.20. The van der Waals surface area contributed by atoms with Crippen LogP contribution in [0.4, 0.5) is 5.69 Å². The van der Waals surface area contributed by atoms with Crippen molar-refractivity contribution in [2.24, 2.45) is 5.92 Å². The van der Waals surface area contributed by atoms with Gasteiger partial charge in [-0.25, -0.2) is 8.42 Å². The van der Waals surface area contributed by atoms with Gasteiger partial charge < -0.3 is 10.2 Å². The standard InChI is InChI=1S/C17H24N4O5S.ClH/c22-17(5-4-14-6-7-18-13-14)19-8-10-20(11-9-19)27(25,26)16-3-1-2-15(12-16)21(23)24;/h1-3,12,14,18H,4-11,13H2;1H. The number of carbonyl (C=O) groups excluding carboxylic acids is 1. The summed E-state index contributed by atoms with van der Waals surface area (Å²) in [4.78, 5) is 24.2. The molecule has 156 valence electrons. The Kier molecular flexibility index (Phi) is 7.76. The Morgan fingerprint density at radius 1 is 1.25 bits per heavy atom. The third-order valence-electron chi connectivity index (χ3n) is 5.19. The number of hydrogen-bond acceptors (Lipinski definition) is 6. The van der Waals surface area contributed by atoms with Crippen LogP contribution in [0.25, 0.3) is 0 Å². The van der Waals surface area contributed by atoms with Gasteiger partial charge in [0.15, 0.2) is 0 Å². The molecule has 0 radical (unpaired) electrons. The molecule has 2 saturated heterocycles. The second-order valence-electron chi connectivity index (χ2n) is 6.94. The van der Waals surface area contributed by atoms with Gasteiger partial charge in [-0.3, -0.25) is 14.9 Å². The normalized spacial score (nSPS) is 20.6. The van der Waals surface area contributed by atoms with Gasteiger partial charge in [-0.1, -0.05) is 6.07 Å². The maximum atomic E-state index is 12.7. The molecule has 0 saturated carbocycles. The highest BCUT2D eigenvalue weighted by atomic mass is 35.5. The van der Waals surface area contributed by atoms with Gasteiger partial charge in [0, 0.05) is 44.7 Å². The summed E-state index contributed by atoms with van der Waals surface area (Å²) in [5, 5.41) is 14.2. The number of nitro groups is 1. The number of carbonyl (C=O) groups is 1. The molecule has 0 aromatic heterocycles. The Morgan fingerprint density at radius 2 is 1.96 bits per heavy atom. The number of nitrogens with zero attached hydrogens (tertiary/aromatic N) is 3. The van der Waals surface area contributed by atoms with E-state index in [4.69, 9.17) is 0 Å². The first-order chi connectivity index (χ1) is 12.9. The van der Waals surface area contributed by atoms with E-state index in [1.54, 1.807) is 4.90 Å². The predicted octanol–water partition coefficient (Wildman–Crippen LogP) is 1.24. The number of piperazine rings is 1. The molecular formula is C17H25ClN4O5S. The number of halogens is 1. The lowest BCUT2D eigenvalue weighted by Gasteiger charge is -2.34. The molecular weight excluding hydrogens is 408 g/mol. The van der Waals surface area contributed by atoms with E-state index in [-0.39, 0.29) is 42.0 Å². The third kappa shape index (κ3) is 5.19. The highest BCUT2D eigenvalue weighted by molar-refractivity contribution is 7.89. The van der Waals surface area contributed by atoms with E-state index in [0.29, 0.717) is 25.4 Å². The molecule has 1 atom stereocenters. The molecule has 0 spiro atoms. The van der Waals surface area contributed by atoms with Crippen molar-refractivity contribution in [3.63, 3.8) is 0 Å². The van der Waals surface area contributed by atoms with Crippen LogP contribution in [0.5, 0.6) is 0 Å². The molecule has 0 bridgehead atoms. The summed E-state index contributed by atoms with van der Waals surface area (Å²) in [7, 11) is -3.81. The molecule has 9 nitrogen and oxygen atoms in total. The van der Waals surface area contributed by atoms with Crippen molar-refractivity contribution >= 4 is 34.0 Å². The molecule has 1 unspecified atom stereocenters. The van der Waals surface area contributed by atoms with E-state index in [1.807, 2.05) is 0 Å². The molecule has 0 aliphatic carbocycles. The largest absolute Gasteiger partial charge is 0.340 e. The number of benzene rings is 1. The first-order valence-corrected chi connectivity index (χ1v) is 10.5. The summed E-state index contributed by atoms with van der Waals surface area (Å²) in [5.41, 5.74) is -0.258. The monoisotopic (exact) mass is 432 g/mol. The Balaban J connectivity index is 0.00000280. The number of hydrogen-bond donors (Lipinski definition) is 1. The van der Waals surface area contributed by atoms with Gasteiger partial charge in [0.2, 0.25) is 15.9 Å². The van der Waals surface area contributed by atoms with Crippen molar-refractivity contribution in [2.45, 2.75) is 24.2 Å². The lowest BCUT2D eigenvalue weighted by molar-refractivity contribution is -0.385. The second-order valence-corrected chi connectivity index (χ2v) is 8.87. The maximum Gasteiger partial charge on any atom is 0.270 e. The van der Waals surface area contributed by atoms with E-state index < -0.39 is 14.9 Å². The molecule has 1 N–H and O–H groups in total. The molecule has 1 aromatic rings. The van der Waals surface area contributed by atoms with Crippen molar-refractivity contribution in [1.82, 2.24) is 14.5 Å². The molecule has 2 aliphatic heterocycles. The summed E-state index contributed by atoms with van der Waals surface area (Å²) in [6, 6.07) is 5.05. The van der Waals surface area contributed by atoms with Crippen LogP contribution in [0.3, 0.4) is 0 Å². The lowest BCUT2D eigenvalue weighted by Crippen LogP contribution is -2.50.